The lowest BCUT2D eigenvalue weighted by Crippen LogP contribution is -2.61. The Kier molecular flexibility index (Phi) is 1.05. The van der Waals surface area contributed by atoms with Crippen LogP contribution in [0.4, 0.5) is 0 Å². The van der Waals surface area contributed by atoms with Gasteiger partial charge in [0.2, 0.25) is 5.91 Å². The van der Waals surface area contributed by atoms with E-state index in [0.717, 1.165) is 19.4 Å². The number of rotatable bonds is 0. The summed E-state index contributed by atoms with van der Waals surface area (Å²) < 4.78 is 0. The molecule has 0 bridgehead atoms. The summed E-state index contributed by atoms with van der Waals surface area (Å²) >= 11 is 0. The molecule has 1 amide bonds. The van der Waals surface area contributed by atoms with Crippen molar-refractivity contribution < 1.29 is 4.79 Å². The fraction of sp³-hybridized carbons (Fsp3) is 0.889. The Labute approximate surface area is 67.6 Å². The molecule has 1 saturated heterocycles. The predicted octanol–water partition coefficient (Wildman–Crippen LogP) is 1.41. The fourth-order valence-corrected chi connectivity index (χ4v) is 1.70. The zero-order valence-electron chi connectivity index (χ0n) is 7.48. The van der Waals surface area contributed by atoms with Gasteiger partial charge in [-0.3, -0.25) is 4.79 Å². The number of hydrogen-bond donors (Lipinski definition) is 0. The number of amides is 1. The van der Waals surface area contributed by atoms with Gasteiger partial charge >= 0.3 is 0 Å². The van der Waals surface area contributed by atoms with E-state index in [1.807, 2.05) is 4.90 Å². The summed E-state index contributed by atoms with van der Waals surface area (Å²) in [7, 11) is 0. The lowest BCUT2D eigenvalue weighted by Gasteiger charge is -2.47. The van der Waals surface area contributed by atoms with Crippen LogP contribution in [-0.4, -0.2) is 22.9 Å². The van der Waals surface area contributed by atoms with Crippen LogP contribution in [0, 0.1) is 5.41 Å². The molecule has 0 aromatic carbocycles. The third kappa shape index (κ3) is 0.815. The van der Waals surface area contributed by atoms with Crippen LogP contribution in [0.2, 0.25) is 0 Å². The van der Waals surface area contributed by atoms with Crippen molar-refractivity contribution in [1.29, 1.82) is 0 Å². The zero-order chi connectivity index (χ0) is 8.28. The molecule has 2 aliphatic rings. The van der Waals surface area contributed by atoms with E-state index in [0.29, 0.717) is 5.91 Å². The Morgan fingerprint density at radius 3 is 2.18 bits per heavy atom. The summed E-state index contributed by atoms with van der Waals surface area (Å²) in [5, 5.41) is 0. The fourth-order valence-electron chi connectivity index (χ4n) is 1.70. The topological polar surface area (TPSA) is 20.3 Å². The average Bonchev–Trinajstić information content (AvgIpc) is 2.60. The molecule has 11 heavy (non-hydrogen) atoms. The van der Waals surface area contributed by atoms with Gasteiger partial charge in [-0.15, -0.1) is 0 Å². The Balaban J connectivity index is 2.07. The summed E-state index contributed by atoms with van der Waals surface area (Å²) in [5.41, 5.74) is 0.193. The lowest BCUT2D eigenvalue weighted by atomic mass is 9.89. The maximum absolute atomic E-state index is 11.5. The average molecular weight is 153 g/mol. The van der Waals surface area contributed by atoms with E-state index in [9.17, 15) is 4.79 Å². The van der Waals surface area contributed by atoms with Crippen LogP contribution in [0.1, 0.15) is 33.6 Å². The van der Waals surface area contributed by atoms with Gasteiger partial charge in [-0.2, -0.15) is 0 Å². The highest BCUT2D eigenvalue weighted by Crippen LogP contribution is 2.55. The van der Waals surface area contributed by atoms with Crippen molar-refractivity contribution in [1.82, 2.24) is 4.90 Å². The highest BCUT2D eigenvalue weighted by molar-refractivity contribution is 5.92. The first-order valence-electron chi connectivity index (χ1n) is 4.28. The molecular formula is C9H15NO. The third-order valence-electron chi connectivity index (χ3n) is 2.82. The van der Waals surface area contributed by atoms with E-state index in [2.05, 4.69) is 20.8 Å². The largest absolute Gasteiger partial charge is 0.336 e. The first-order chi connectivity index (χ1) is 4.96. The van der Waals surface area contributed by atoms with Crippen molar-refractivity contribution in [2.45, 2.75) is 39.2 Å². The summed E-state index contributed by atoms with van der Waals surface area (Å²) in [6, 6.07) is 0. The van der Waals surface area contributed by atoms with Crippen LogP contribution in [-0.2, 0) is 4.79 Å². The summed E-state index contributed by atoms with van der Waals surface area (Å²) in [6.45, 7) is 7.30. The number of β-lactam (4-membered cyclic amide) rings is 1. The highest BCUT2D eigenvalue weighted by atomic mass is 16.2. The minimum absolute atomic E-state index is 0.0466. The molecule has 0 atom stereocenters. The second-order valence-corrected chi connectivity index (χ2v) is 4.84. The Morgan fingerprint density at radius 1 is 1.36 bits per heavy atom. The second kappa shape index (κ2) is 1.62. The van der Waals surface area contributed by atoms with E-state index in [1.54, 1.807) is 0 Å². The third-order valence-corrected chi connectivity index (χ3v) is 2.82. The van der Waals surface area contributed by atoms with Crippen LogP contribution in [0.5, 0.6) is 0 Å². The molecule has 2 rings (SSSR count). The Hall–Kier alpha value is -0.530. The number of likely N-dealkylation sites (tertiary alicyclic amines) is 1. The van der Waals surface area contributed by atoms with Crippen LogP contribution in [0.15, 0.2) is 0 Å². The van der Waals surface area contributed by atoms with Crippen LogP contribution in [0.3, 0.4) is 0 Å². The standard InChI is InChI=1S/C9H15NO/c1-8(2,3)10-6-9(4-5-9)7(10)11/h4-6H2,1-3H3. The molecular weight excluding hydrogens is 138 g/mol. The van der Waals surface area contributed by atoms with Crippen molar-refractivity contribution >= 4 is 5.91 Å². The zero-order valence-corrected chi connectivity index (χ0v) is 7.48. The highest BCUT2D eigenvalue weighted by Gasteiger charge is 2.62. The van der Waals surface area contributed by atoms with Crippen molar-refractivity contribution in [3.05, 3.63) is 0 Å². The molecule has 62 valence electrons. The lowest BCUT2D eigenvalue weighted by molar-refractivity contribution is -0.158. The minimum Gasteiger partial charge on any atom is -0.336 e. The first-order valence-corrected chi connectivity index (χ1v) is 4.28. The van der Waals surface area contributed by atoms with Gasteiger partial charge < -0.3 is 4.90 Å². The van der Waals surface area contributed by atoms with Gasteiger partial charge in [-0.1, -0.05) is 0 Å². The second-order valence-electron chi connectivity index (χ2n) is 4.84. The minimum atomic E-state index is 0.0466. The van der Waals surface area contributed by atoms with Gasteiger partial charge in [-0.25, -0.2) is 0 Å². The smallest absolute Gasteiger partial charge is 0.231 e. The van der Waals surface area contributed by atoms with Gasteiger partial charge in [0, 0.05) is 12.1 Å². The van der Waals surface area contributed by atoms with E-state index in [4.69, 9.17) is 0 Å². The van der Waals surface area contributed by atoms with Gasteiger partial charge in [0.05, 0.1) is 5.41 Å². The molecule has 1 saturated carbocycles. The Morgan fingerprint density at radius 2 is 1.91 bits per heavy atom. The molecule has 0 aromatic rings. The van der Waals surface area contributed by atoms with E-state index >= 15 is 0 Å². The van der Waals surface area contributed by atoms with Gasteiger partial charge in [0.1, 0.15) is 0 Å². The molecule has 1 heterocycles. The maximum atomic E-state index is 11.5. The summed E-state index contributed by atoms with van der Waals surface area (Å²) in [6.07, 6.45) is 2.27. The molecule has 1 aliphatic heterocycles. The normalized spacial score (nSPS) is 27.2. The molecule has 2 heteroatoms. The molecule has 1 spiro atoms. The quantitative estimate of drug-likeness (QED) is 0.482. The summed E-state index contributed by atoms with van der Waals surface area (Å²) in [4.78, 5) is 13.5. The van der Waals surface area contributed by atoms with Crippen LogP contribution in [0.25, 0.3) is 0 Å². The van der Waals surface area contributed by atoms with E-state index < -0.39 is 0 Å². The van der Waals surface area contributed by atoms with Crippen molar-refractivity contribution in [3.63, 3.8) is 0 Å². The van der Waals surface area contributed by atoms with Crippen molar-refractivity contribution in [3.8, 4) is 0 Å². The van der Waals surface area contributed by atoms with Crippen molar-refractivity contribution in [2.24, 2.45) is 5.41 Å². The molecule has 0 unspecified atom stereocenters. The van der Waals surface area contributed by atoms with E-state index in [-0.39, 0.29) is 11.0 Å². The van der Waals surface area contributed by atoms with Crippen LogP contribution >= 0.6 is 0 Å². The SMILES string of the molecule is CC(C)(C)N1CC2(CC2)C1=O. The molecule has 2 fully saturated rings. The summed E-state index contributed by atoms with van der Waals surface area (Å²) in [5.74, 6) is 0.394. The number of carbonyl (C=O) groups excluding carboxylic acids is 1. The molecule has 1 aliphatic carbocycles. The number of carbonyl (C=O) groups is 1. The van der Waals surface area contributed by atoms with Gasteiger partial charge in [-0.05, 0) is 33.6 Å². The molecule has 0 radical (unpaired) electrons. The Bertz CT molecular complexity index is 210. The maximum Gasteiger partial charge on any atom is 0.231 e. The molecule has 0 N–H and O–H groups in total. The van der Waals surface area contributed by atoms with Gasteiger partial charge in [0.25, 0.3) is 0 Å². The van der Waals surface area contributed by atoms with Crippen molar-refractivity contribution in [2.75, 3.05) is 6.54 Å². The first kappa shape index (κ1) is 7.14. The van der Waals surface area contributed by atoms with E-state index in [1.165, 1.54) is 0 Å². The molecule has 0 aromatic heterocycles. The number of nitrogens with zero attached hydrogens (tertiary/aromatic N) is 1. The monoisotopic (exact) mass is 153 g/mol. The molecule has 2 nitrogen and oxygen atoms in total. The number of hydrogen-bond acceptors (Lipinski definition) is 1. The van der Waals surface area contributed by atoms with Crippen LogP contribution < -0.4 is 0 Å². The predicted molar refractivity (Wildman–Crippen MR) is 43.1 cm³/mol. The van der Waals surface area contributed by atoms with Gasteiger partial charge in [0.15, 0.2) is 0 Å².